The zero-order valence-corrected chi connectivity index (χ0v) is 11.5. The van der Waals surface area contributed by atoms with Crippen molar-refractivity contribution in [2.75, 3.05) is 18.5 Å². The third-order valence-electron chi connectivity index (χ3n) is 3.27. The van der Waals surface area contributed by atoms with Crippen molar-refractivity contribution in [1.82, 2.24) is 0 Å². The Bertz CT molecular complexity index is 606. The van der Waals surface area contributed by atoms with Crippen LogP contribution in [0.3, 0.4) is 0 Å². The van der Waals surface area contributed by atoms with Crippen LogP contribution >= 0.6 is 11.3 Å². The van der Waals surface area contributed by atoms with Crippen molar-refractivity contribution in [2.45, 2.75) is 19.3 Å². The van der Waals surface area contributed by atoms with Crippen molar-refractivity contribution < 1.29 is 19.1 Å². The Morgan fingerprint density at radius 1 is 1.30 bits per heavy atom. The molecule has 0 saturated carbocycles. The van der Waals surface area contributed by atoms with E-state index in [0.29, 0.717) is 23.8 Å². The van der Waals surface area contributed by atoms with Gasteiger partial charge in [-0.25, -0.2) is 0 Å². The highest BCUT2D eigenvalue weighted by molar-refractivity contribution is 7.17. The highest BCUT2D eigenvalue weighted by Crippen LogP contribution is 2.39. The third-order valence-corrected chi connectivity index (χ3v) is 4.47. The minimum atomic E-state index is -0.505. The fraction of sp³-hybridized carbons (Fsp3) is 0.385. The average Bonchev–Trinajstić information content (AvgIpc) is 2.99. The van der Waals surface area contributed by atoms with Crippen LogP contribution in [0.4, 0.5) is 5.00 Å². The first-order chi connectivity index (χ1) is 9.66. The number of carbonyl (C=O) groups excluding carboxylic acids is 2. The van der Waals surface area contributed by atoms with Crippen molar-refractivity contribution >= 4 is 28.2 Å². The summed E-state index contributed by atoms with van der Waals surface area (Å²) in [5.74, 6) is -0.818. The summed E-state index contributed by atoms with van der Waals surface area (Å²) in [6, 6.07) is 0. The highest BCUT2D eigenvalue weighted by Gasteiger charge is 2.27. The fourth-order valence-corrected chi connectivity index (χ4v) is 3.69. The summed E-state index contributed by atoms with van der Waals surface area (Å²) in [6.45, 7) is 0.763. The summed E-state index contributed by atoms with van der Waals surface area (Å²) in [7, 11) is 0. The van der Waals surface area contributed by atoms with E-state index < -0.39 is 11.8 Å². The predicted octanol–water partition coefficient (Wildman–Crippen LogP) is 1.16. The number of rotatable bonds is 3. The Morgan fingerprint density at radius 2 is 2.15 bits per heavy atom. The number of carbonyl (C=O) groups is 2. The number of thiophene rings is 1. The first-order valence-corrected chi connectivity index (χ1v) is 7.18. The van der Waals surface area contributed by atoms with E-state index in [1.165, 1.54) is 17.6 Å². The number of nitrogens with one attached hydrogen (secondary N) is 1. The molecule has 7 heteroatoms. The molecule has 2 heterocycles. The van der Waals surface area contributed by atoms with E-state index in [-0.39, 0.29) is 5.76 Å². The monoisotopic (exact) mass is 294 g/mol. The zero-order chi connectivity index (χ0) is 14.1. The second-order valence-electron chi connectivity index (χ2n) is 4.58. The van der Waals surface area contributed by atoms with Gasteiger partial charge in [-0.05, 0) is 24.8 Å². The van der Waals surface area contributed by atoms with Crippen LogP contribution in [0.1, 0.15) is 27.2 Å². The van der Waals surface area contributed by atoms with Crippen LogP contribution in [0.2, 0.25) is 0 Å². The van der Waals surface area contributed by atoms with Gasteiger partial charge in [-0.15, -0.1) is 11.3 Å². The molecule has 0 aromatic carbocycles. The number of aryl methyl sites for hydroxylation is 1. The van der Waals surface area contributed by atoms with Crippen molar-refractivity contribution in [3.63, 3.8) is 0 Å². The molecule has 2 amide bonds. The fourth-order valence-electron chi connectivity index (χ4n) is 2.41. The van der Waals surface area contributed by atoms with Gasteiger partial charge in [0.05, 0.1) is 5.56 Å². The van der Waals surface area contributed by atoms with E-state index in [9.17, 15) is 9.59 Å². The largest absolute Gasteiger partial charge is 0.494 e. The molecule has 2 aliphatic rings. The van der Waals surface area contributed by atoms with Crippen molar-refractivity contribution in [2.24, 2.45) is 5.73 Å². The first kappa shape index (κ1) is 13.0. The maximum Gasteiger partial charge on any atom is 0.294 e. The van der Waals surface area contributed by atoms with Crippen molar-refractivity contribution in [3.05, 3.63) is 28.0 Å². The molecule has 1 aromatic rings. The van der Waals surface area contributed by atoms with Gasteiger partial charge in [0.25, 0.3) is 11.8 Å². The Morgan fingerprint density at radius 3 is 2.85 bits per heavy atom. The lowest BCUT2D eigenvalue weighted by Crippen LogP contribution is -2.22. The Kier molecular flexibility index (Phi) is 3.35. The Hall–Kier alpha value is -2.02. The van der Waals surface area contributed by atoms with Gasteiger partial charge in [-0.2, -0.15) is 0 Å². The van der Waals surface area contributed by atoms with E-state index in [4.69, 9.17) is 15.2 Å². The molecular formula is C13H14N2O4S. The summed E-state index contributed by atoms with van der Waals surface area (Å²) in [5.41, 5.74) is 6.85. The minimum Gasteiger partial charge on any atom is -0.494 e. The van der Waals surface area contributed by atoms with Gasteiger partial charge in [0, 0.05) is 4.88 Å². The molecule has 0 spiro atoms. The molecule has 3 N–H and O–H groups in total. The van der Waals surface area contributed by atoms with Crippen LogP contribution in [-0.4, -0.2) is 25.0 Å². The second kappa shape index (κ2) is 5.16. The van der Waals surface area contributed by atoms with Gasteiger partial charge < -0.3 is 20.5 Å². The van der Waals surface area contributed by atoms with Crippen LogP contribution in [0.25, 0.3) is 0 Å². The highest BCUT2D eigenvalue weighted by atomic mass is 32.1. The van der Waals surface area contributed by atoms with Gasteiger partial charge in [-0.1, -0.05) is 0 Å². The number of amides is 2. The molecule has 0 radical (unpaired) electrons. The molecule has 0 fully saturated rings. The first-order valence-electron chi connectivity index (χ1n) is 6.37. The van der Waals surface area contributed by atoms with Gasteiger partial charge in [-0.3, -0.25) is 9.59 Å². The van der Waals surface area contributed by atoms with Crippen molar-refractivity contribution in [3.8, 4) is 0 Å². The lowest BCUT2D eigenvalue weighted by molar-refractivity contribution is -0.117. The van der Waals surface area contributed by atoms with E-state index in [1.54, 1.807) is 0 Å². The SMILES string of the molecule is NC(=O)c1c(NC(=O)C2=COCCO2)sc2c1CCC2. The van der Waals surface area contributed by atoms with E-state index in [2.05, 4.69) is 5.32 Å². The summed E-state index contributed by atoms with van der Waals surface area (Å²) in [5, 5.41) is 3.20. The molecule has 20 heavy (non-hydrogen) atoms. The minimum absolute atomic E-state index is 0.111. The molecular weight excluding hydrogens is 280 g/mol. The number of hydrogen-bond donors (Lipinski definition) is 2. The molecule has 0 atom stereocenters. The summed E-state index contributed by atoms with van der Waals surface area (Å²) in [4.78, 5) is 24.8. The van der Waals surface area contributed by atoms with Gasteiger partial charge in [0.1, 0.15) is 24.5 Å². The number of primary amides is 1. The van der Waals surface area contributed by atoms with Gasteiger partial charge >= 0.3 is 0 Å². The molecule has 6 nitrogen and oxygen atoms in total. The van der Waals surface area contributed by atoms with Crippen LogP contribution < -0.4 is 11.1 Å². The van der Waals surface area contributed by atoms with E-state index >= 15 is 0 Å². The molecule has 3 rings (SSSR count). The molecule has 1 aromatic heterocycles. The summed E-state index contributed by atoms with van der Waals surface area (Å²) < 4.78 is 10.2. The van der Waals surface area contributed by atoms with Crippen LogP contribution in [0.15, 0.2) is 12.0 Å². The topological polar surface area (TPSA) is 90.7 Å². The predicted molar refractivity (Wildman–Crippen MR) is 73.5 cm³/mol. The smallest absolute Gasteiger partial charge is 0.294 e. The summed E-state index contributed by atoms with van der Waals surface area (Å²) >= 11 is 1.41. The van der Waals surface area contributed by atoms with E-state index in [1.807, 2.05) is 0 Å². The number of fused-ring (bicyclic) bond motifs is 1. The Labute approximate surface area is 119 Å². The van der Waals surface area contributed by atoms with Crippen LogP contribution in [0, 0.1) is 0 Å². The quantitative estimate of drug-likeness (QED) is 0.875. The zero-order valence-electron chi connectivity index (χ0n) is 10.7. The molecule has 106 valence electrons. The Balaban J connectivity index is 1.86. The lowest BCUT2D eigenvalue weighted by Gasteiger charge is -2.14. The summed E-state index contributed by atoms with van der Waals surface area (Å²) in [6.07, 6.45) is 4.07. The molecule has 1 aliphatic heterocycles. The normalized spacial score (nSPS) is 16.7. The molecule has 1 aliphatic carbocycles. The standard InChI is InChI=1S/C13H14N2O4S/c14-11(16)10-7-2-1-3-9(7)20-13(10)15-12(17)8-6-18-4-5-19-8/h6H,1-5H2,(H2,14,16)(H,15,17). The van der Waals surface area contributed by atoms with Crippen molar-refractivity contribution in [1.29, 1.82) is 0 Å². The number of anilines is 1. The second-order valence-corrected chi connectivity index (χ2v) is 5.69. The molecule has 0 saturated heterocycles. The number of nitrogens with two attached hydrogens (primary N) is 1. The number of hydrogen-bond acceptors (Lipinski definition) is 5. The molecule has 0 unspecified atom stereocenters. The van der Waals surface area contributed by atoms with Gasteiger partial charge in [0.2, 0.25) is 5.76 Å². The van der Waals surface area contributed by atoms with Gasteiger partial charge in [0.15, 0.2) is 0 Å². The van der Waals surface area contributed by atoms with Crippen LogP contribution in [0.5, 0.6) is 0 Å². The maximum atomic E-state index is 12.0. The number of ether oxygens (including phenoxy) is 2. The average molecular weight is 294 g/mol. The maximum absolute atomic E-state index is 12.0. The third kappa shape index (κ3) is 2.24. The lowest BCUT2D eigenvalue weighted by atomic mass is 10.1. The van der Waals surface area contributed by atoms with Crippen LogP contribution in [-0.2, 0) is 27.1 Å². The van der Waals surface area contributed by atoms with E-state index in [0.717, 1.165) is 29.7 Å². The molecule has 0 bridgehead atoms.